The molecule has 10 heteroatoms. The number of halogens is 1. The summed E-state index contributed by atoms with van der Waals surface area (Å²) in [5.74, 6) is 4.65. The van der Waals surface area contributed by atoms with E-state index < -0.39 is 11.7 Å². The molecule has 3 rings (SSSR count). The Kier molecular flexibility index (Phi) is 7.03. The van der Waals surface area contributed by atoms with E-state index in [9.17, 15) is 9.18 Å². The number of primary amides is 1. The highest BCUT2D eigenvalue weighted by Crippen LogP contribution is 2.31. The first kappa shape index (κ1) is 22.4. The number of pyridine rings is 1. The molecule has 1 heterocycles. The van der Waals surface area contributed by atoms with Crippen LogP contribution in [0.3, 0.4) is 0 Å². The molecule has 2 aromatic rings. The first-order valence-electron chi connectivity index (χ1n) is 10.2. The van der Waals surface area contributed by atoms with Crippen LogP contribution in [0.5, 0.6) is 0 Å². The highest BCUT2D eigenvalue weighted by atomic mass is 19.1. The Bertz CT molecular complexity index is 953. The number of aromatic nitrogens is 1. The number of anilines is 4. The number of hydrogen-bond acceptors (Lipinski definition) is 7. The van der Waals surface area contributed by atoms with E-state index in [4.69, 9.17) is 17.0 Å². The SMILES string of the molecule is CNC1CCCCC1N(C)c1nc(Nc2cccc(N(N)C=N)c2)c(C(N)=O)cc1F. The maximum absolute atomic E-state index is 15.0. The van der Waals surface area contributed by atoms with Gasteiger partial charge in [-0.05, 0) is 44.2 Å². The highest BCUT2D eigenvalue weighted by molar-refractivity contribution is 5.98. The lowest BCUT2D eigenvalue weighted by Gasteiger charge is -2.38. The standard InChI is InChI=1S/C21H29FN8O/c1-26-17-8-3-4-9-18(17)29(2)21-16(22)11-15(19(24)31)20(28-21)27-13-6-5-7-14(10-13)30(25)12-23/h5-7,10-12,17-18,23,26H,3-4,8-9,25H2,1-2H3,(H2,24,31)(H,27,28). The van der Waals surface area contributed by atoms with Gasteiger partial charge in [-0.1, -0.05) is 18.9 Å². The molecule has 0 spiro atoms. The van der Waals surface area contributed by atoms with Crippen molar-refractivity contribution in [3.8, 4) is 0 Å². The van der Waals surface area contributed by atoms with E-state index in [1.165, 1.54) is 0 Å². The summed E-state index contributed by atoms with van der Waals surface area (Å²) in [5, 5.41) is 14.8. The molecule has 2 atom stereocenters. The van der Waals surface area contributed by atoms with E-state index in [0.29, 0.717) is 11.4 Å². The summed E-state index contributed by atoms with van der Waals surface area (Å²) in [6, 6.07) is 8.32. The van der Waals surface area contributed by atoms with Crippen molar-refractivity contribution >= 4 is 35.3 Å². The van der Waals surface area contributed by atoms with Crippen LogP contribution < -0.4 is 32.1 Å². The molecule has 31 heavy (non-hydrogen) atoms. The van der Waals surface area contributed by atoms with E-state index in [2.05, 4.69) is 15.6 Å². The van der Waals surface area contributed by atoms with Crippen molar-refractivity contribution in [3.63, 3.8) is 0 Å². The Hall–Kier alpha value is -3.24. The average Bonchev–Trinajstić information content (AvgIpc) is 2.78. The summed E-state index contributed by atoms with van der Waals surface area (Å²) in [6.07, 6.45) is 5.09. The Morgan fingerprint density at radius 3 is 2.74 bits per heavy atom. The van der Waals surface area contributed by atoms with Gasteiger partial charge < -0.3 is 21.3 Å². The quantitative estimate of drug-likeness (QED) is 0.188. The largest absolute Gasteiger partial charge is 0.365 e. The topological polar surface area (TPSA) is 136 Å². The van der Waals surface area contributed by atoms with E-state index >= 15 is 0 Å². The van der Waals surface area contributed by atoms with E-state index in [-0.39, 0.29) is 29.3 Å². The van der Waals surface area contributed by atoms with Gasteiger partial charge in [-0.2, -0.15) is 0 Å². The molecule has 9 nitrogen and oxygen atoms in total. The summed E-state index contributed by atoms with van der Waals surface area (Å²) in [6.45, 7) is 0. The third kappa shape index (κ3) is 4.92. The normalized spacial score (nSPS) is 18.3. The van der Waals surface area contributed by atoms with Crippen LogP contribution in [0.25, 0.3) is 0 Å². The fraction of sp³-hybridized carbons (Fsp3) is 0.381. The predicted molar refractivity (Wildman–Crippen MR) is 121 cm³/mol. The third-order valence-corrected chi connectivity index (χ3v) is 5.70. The molecule has 7 N–H and O–H groups in total. The maximum atomic E-state index is 15.0. The number of benzene rings is 1. The molecule has 1 aromatic heterocycles. The monoisotopic (exact) mass is 428 g/mol. The Labute approximate surface area is 181 Å². The molecular weight excluding hydrogens is 399 g/mol. The van der Waals surface area contributed by atoms with Crippen molar-refractivity contribution in [2.75, 3.05) is 29.3 Å². The second-order valence-corrected chi connectivity index (χ2v) is 7.62. The van der Waals surface area contributed by atoms with Crippen molar-refractivity contribution in [2.45, 2.75) is 37.8 Å². The zero-order valence-corrected chi connectivity index (χ0v) is 17.7. The van der Waals surface area contributed by atoms with E-state index in [1.54, 1.807) is 24.3 Å². The van der Waals surface area contributed by atoms with Gasteiger partial charge in [0.1, 0.15) is 12.2 Å². The van der Waals surface area contributed by atoms with E-state index in [1.807, 2.05) is 19.0 Å². The van der Waals surface area contributed by atoms with Crippen molar-refractivity contribution in [1.82, 2.24) is 10.3 Å². The van der Waals surface area contributed by atoms with Crippen LogP contribution in [-0.2, 0) is 0 Å². The van der Waals surface area contributed by atoms with Crippen molar-refractivity contribution in [2.24, 2.45) is 11.6 Å². The fourth-order valence-electron chi connectivity index (χ4n) is 4.03. The summed E-state index contributed by atoms with van der Waals surface area (Å²) < 4.78 is 15.0. The molecule has 1 amide bonds. The number of likely N-dealkylation sites (N-methyl/N-ethyl adjacent to an activating group) is 2. The average molecular weight is 429 g/mol. The Balaban J connectivity index is 1.98. The van der Waals surface area contributed by atoms with Gasteiger partial charge in [0, 0.05) is 24.8 Å². The lowest BCUT2D eigenvalue weighted by molar-refractivity contribution is 0.100. The van der Waals surface area contributed by atoms with Gasteiger partial charge in [0.2, 0.25) is 0 Å². The number of nitrogens with zero attached hydrogens (tertiary/aromatic N) is 3. The maximum Gasteiger partial charge on any atom is 0.252 e. The molecule has 0 radical (unpaired) electrons. The fourth-order valence-corrected chi connectivity index (χ4v) is 4.03. The Morgan fingerprint density at radius 1 is 1.32 bits per heavy atom. The number of hydrazine groups is 1. The molecule has 0 aliphatic heterocycles. The summed E-state index contributed by atoms with van der Waals surface area (Å²) in [4.78, 5) is 18.2. The molecule has 1 aliphatic carbocycles. The lowest BCUT2D eigenvalue weighted by Crippen LogP contribution is -2.50. The number of nitrogens with two attached hydrogens (primary N) is 2. The number of hydrogen-bond donors (Lipinski definition) is 5. The van der Waals surface area contributed by atoms with Crippen molar-refractivity contribution in [1.29, 1.82) is 5.41 Å². The lowest BCUT2D eigenvalue weighted by atomic mass is 9.89. The molecule has 1 aromatic carbocycles. The van der Waals surface area contributed by atoms with Gasteiger partial charge in [0.25, 0.3) is 5.91 Å². The minimum atomic E-state index is -0.787. The van der Waals surface area contributed by atoms with Gasteiger partial charge in [-0.3, -0.25) is 15.2 Å². The number of rotatable bonds is 8. The van der Waals surface area contributed by atoms with Crippen LogP contribution in [0.1, 0.15) is 36.0 Å². The van der Waals surface area contributed by atoms with Gasteiger partial charge in [-0.15, -0.1) is 0 Å². The molecule has 166 valence electrons. The highest BCUT2D eigenvalue weighted by Gasteiger charge is 2.30. The number of carbonyl (C=O) groups is 1. The van der Waals surface area contributed by atoms with Crippen LogP contribution in [0.2, 0.25) is 0 Å². The summed E-state index contributed by atoms with van der Waals surface area (Å²) >= 11 is 0. The minimum Gasteiger partial charge on any atom is -0.365 e. The first-order chi connectivity index (χ1) is 14.8. The first-order valence-corrected chi connectivity index (χ1v) is 10.2. The van der Waals surface area contributed by atoms with Crippen molar-refractivity contribution < 1.29 is 9.18 Å². The minimum absolute atomic E-state index is 0.0504. The molecule has 1 fully saturated rings. The smallest absolute Gasteiger partial charge is 0.252 e. The predicted octanol–water partition coefficient (Wildman–Crippen LogP) is 2.32. The number of carbonyl (C=O) groups excluding carboxylic acids is 1. The van der Waals surface area contributed by atoms with Crippen LogP contribution in [0.4, 0.5) is 27.4 Å². The van der Waals surface area contributed by atoms with Crippen molar-refractivity contribution in [3.05, 3.63) is 41.7 Å². The van der Waals surface area contributed by atoms with Crippen LogP contribution in [0, 0.1) is 11.2 Å². The molecule has 0 saturated heterocycles. The molecule has 1 saturated carbocycles. The van der Waals surface area contributed by atoms with Gasteiger partial charge in [0.15, 0.2) is 11.6 Å². The van der Waals surface area contributed by atoms with Crippen LogP contribution in [-0.4, -0.2) is 43.4 Å². The Morgan fingerprint density at radius 2 is 2.06 bits per heavy atom. The summed E-state index contributed by atoms with van der Waals surface area (Å²) in [7, 11) is 3.72. The second kappa shape index (κ2) is 9.71. The third-order valence-electron chi connectivity index (χ3n) is 5.70. The van der Waals surface area contributed by atoms with Crippen LogP contribution in [0.15, 0.2) is 30.3 Å². The number of amides is 1. The van der Waals surface area contributed by atoms with Gasteiger partial charge >= 0.3 is 0 Å². The zero-order valence-electron chi connectivity index (χ0n) is 17.7. The van der Waals surface area contributed by atoms with Gasteiger partial charge in [0.05, 0.1) is 11.3 Å². The second-order valence-electron chi connectivity index (χ2n) is 7.62. The summed E-state index contributed by atoms with van der Waals surface area (Å²) in [5.41, 5.74) is 6.55. The molecule has 0 bridgehead atoms. The number of nitrogens with one attached hydrogen (secondary N) is 3. The van der Waals surface area contributed by atoms with Gasteiger partial charge in [-0.25, -0.2) is 15.2 Å². The molecule has 1 aliphatic rings. The zero-order chi connectivity index (χ0) is 22.5. The molecular formula is C21H29FN8O. The van der Waals surface area contributed by atoms with E-state index in [0.717, 1.165) is 43.1 Å². The van der Waals surface area contributed by atoms with Crippen LogP contribution >= 0.6 is 0 Å². The molecule has 2 unspecified atom stereocenters.